The standard InChI is InChI=1S/C14H19N5O2/c1-9-4-5-19-12(6-9)16-17-14(19)15-13(20)11-7-10(21-3)8-18(11)2/h4-6,10-11H,7-8H2,1-3H3,(H,15,17,20)/t10-,11-/m0/s1. The Balaban J connectivity index is 1.77. The van der Waals surface area contributed by atoms with Gasteiger partial charge in [-0.3, -0.25) is 19.4 Å². The summed E-state index contributed by atoms with van der Waals surface area (Å²) in [6, 6.07) is 3.67. The van der Waals surface area contributed by atoms with E-state index in [1.54, 1.807) is 11.5 Å². The highest BCUT2D eigenvalue weighted by atomic mass is 16.5. The fourth-order valence-electron chi connectivity index (χ4n) is 2.70. The summed E-state index contributed by atoms with van der Waals surface area (Å²) >= 11 is 0. The number of likely N-dealkylation sites (tertiary alicyclic amines) is 1. The normalized spacial score (nSPS) is 22.8. The molecule has 1 saturated heterocycles. The van der Waals surface area contributed by atoms with Crippen molar-refractivity contribution in [1.29, 1.82) is 0 Å². The molecule has 1 aliphatic rings. The van der Waals surface area contributed by atoms with Crippen molar-refractivity contribution in [2.75, 3.05) is 26.0 Å². The van der Waals surface area contributed by atoms with Gasteiger partial charge in [-0.15, -0.1) is 10.2 Å². The van der Waals surface area contributed by atoms with E-state index in [2.05, 4.69) is 15.5 Å². The molecule has 0 bridgehead atoms. The van der Waals surface area contributed by atoms with Gasteiger partial charge in [-0.05, 0) is 38.1 Å². The van der Waals surface area contributed by atoms with Crippen LogP contribution >= 0.6 is 0 Å². The molecule has 7 heteroatoms. The molecule has 7 nitrogen and oxygen atoms in total. The molecular weight excluding hydrogens is 270 g/mol. The van der Waals surface area contributed by atoms with E-state index < -0.39 is 0 Å². The minimum atomic E-state index is -0.201. The fourth-order valence-corrected chi connectivity index (χ4v) is 2.70. The minimum absolute atomic E-state index is 0.0769. The van der Waals surface area contributed by atoms with Gasteiger partial charge in [0.05, 0.1) is 12.1 Å². The Kier molecular flexibility index (Phi) is 3.60. The van der Waals surface area contributed by atoms with Crippen LogP contribution in [0, 0.1) is 6.92 Å². The number of hydrogen-bond acceptors (Lipinski definition) is 5. The molecule has 1 amide bonds. The maximum Gasteiger partial charge on any atom is 0.244 e. The number of rotatable bonds is 3. The summed E-state index contributed by atoms with van der Waals surface area (Å²) in [4.78, 5) is 14.4. The number of aromatic nitrogens is 3. The summed E-state index contributed by atoms with van der Waals surface area (Å²) in [5.41, 5.74) is 1.83. The van der Waals surface area contributed by atoms with Crippen molar-refractivity contribution >= 4 is 17.5 Å². The van der Waals surface area contributed by atoms with Crippen LogP contribution in [0.15, 0.2) is 18.3 Å². The first-order chi connectivity index (χ1) is 10.1. The number of carbonyl (C=O) groups excluding carboxylic acids is 1. The average molecular weight is 289 g/mol. The van der Waals surface area contributed by atoms with E-state index in [4.69, 9.17) is 4.74 Å². The van der Waals surface area contributed by atoms with E-state index in [1.807, 2.05) is 37.2 Å². The van der Waals surface area contributed by atoms with Gasteiger partial charge < -0.3 is 4.74 Å². The molecule has 0 spiro atoms. The molecule has 112 valence electrons. The van der Waals surface area contributed by atoms with Crippen molar-refractivity contribution in [2.45, 2.75) is 25.5 Å². The number of pyridine rings is 1. The first-order valence-electron chi connectivity index (χ1n) is 6.94. The molecule has 1 fully saturated rings. The van der Waals surface area contributed by atoms with Crippen molar-refractivity contribution < 1.29 is 9.53 Å². The van der Waals surface area contributed by atoms with Gasteiger partial charge in [-0.25, -0.2) is 0 Å². The number of likely N-dealkylation sites (N-methyl/N-ethyl adjacent to an activating group) is 1. The minimum Gasteiger partial charge on any atom is -0.380 e. The number of amides is 1. The van der Waals surface area contributed by atoms with Crippen LogP contribution in [0.1, 0.15) is 12.0 Å². The first-order valence-corrected chi connectivity index (χ1v) is 6.94. The van der Waals surface area contributed by atoms with E-state index >= 15 is 0 Å². The van der Waals surface area contributed by atoms with Crippen LogP contribution in [-0.2, 0) is 9.53 Å². The highest BCUT2D eigenvalue weighted by Crippen LogP contribution is 2.19. The third-order valence-electron chi connectivity index (χ3n) is 3.95. The maximum atomic E-state index is 12.4. The zero-order valence-electron chi connectivity index (χ0n) is 12.4. The first kappa shape index (κ1) is 14.0. The molecule has 3 rings (SSSR count). The fraction of sp³-hybridized carbons (Fsp3) is 0.500. The molecule has 0 saturated carbocycles. The maximum absolute atomic E-state index is 12.4. The van der Waals surface area contributed by atoms with Crippen LogP contribution in [0.3, 0.4) is 0 Å². The topological polar surface area (TPSA) is 71.8 Å². The number of anilines is 1. The third kappa shape index (κ3) is 2.62. The van der Waals surface area contributed by atoms with Gasteiger partial charge in [-0.2, -0.15) is 0 Å². The number of ether oxygens (including phenoxy) is 1. The molecular formula is C14H19N5O2. The van der Waals surface area contributed by atoms with Crippen LogP contribution in [0.25, 0.3) is 5.65 Å². The van der Waals surface area contributed by atoms with Gasteiger partial charge in [0.1, 0.15) is 0 Å². The van der Waals surface area contributed by atoms with Gasteiger partial charge in [0, 0.05) is 19.9 Å². The Bertz CT molecular complexity index is 668. The summed E-state index contributed by atoms with van der Waals surface area (Å²) in [5.74, 6) is 0.371. The van der Waals surface area contributed by atoms with Crippen LogP contribution in [-0.4, -0.2) is 58.3 Å². The van der Waals surface area contributed by atoms with Crippen molar-refractivity contribution in [1.82, 2.24) is 19.5 Å². The Morgan fingerprint density at radius 1 is 1.48 bits per heavy atom. The van der Waals surface area contributed by atoms with E-state index in [0.717, 1.165) is 17.8 Å². The predicted octanol–water partition coefficient (Wildman–Crippen LogP) is 0.695. The van der Waals surface area contributed by atoms with Crippen molar-refractivity contribution in [3.05, 3.63) is 23.9 Å². The Hall–Kier alpha value is -1.99. The van der Waals surface area contributed by atoms with Gasteiger partial charge >= 0.3 is 0 Å². The molecule has 0 radical (unpaired) electrons. The summed E-state index contributed by atoms with van der Waals surface area (Å²) in [6.45, 7) is 2.75. The molecule has 3 heterocycles. The number of nitrogens with zero attached hydrogens (tertiary/aromatic N) is 4. The number of hydrogen-bond donors (Lipinski definition) is 1. The zero-order chi connectivity index (χ0) is 15.0. The van der Waals surface area contributed by atoms with Gasteiger partial charge in [0.15, 0.2) is 5.65 Å². The quantitative estimate of drug-likeness (QED) is 0.900. The Labute approximate surface area is 122 Å². The lowest BCUT2D eigenvalue weighted by Gasteiger charge is -2.17. The van der Waals surface area contributed by atoms with E-state index in [9.17, 15) is 4.79 Å². The lowest BCUT2D eigenvalue weighted by molar-refractivity contribution is -0.120. The summed E-state index contributed by atoms with van der Waals surface area (Å²) < 4.78 is 7.10. The molecule has 1 N–H and O–H groups in total. The monoisotopic (exact) mass is 289 g/mol. The van der Waals surface area contributed by atoms with E-state index in [1.165, 1.54) is 0 Å². The molecule has 0 unspecified atom stereocenters. The van der Waals surface area contributed by atoms with E-state index in [-0.39, 0.29) is 18.1 Å². The molecule has 0 aliphatic carbocycles. The van der Waals surface area contributed by atoms with Crippen LogP contribution in [0.5, 0.6) is 0 Å². The highest BCUT2D eigenvalue weighted by molar-refractivity contribution is 5.94. The number of fused-ring (bicyclic) bond motifs is 1. The zero-order valence-corrected chi connectivity index (χ0v) is 12.4. The van der Waals surface area contributed by atoms with Crippen molar-refractivity contribution in [3.63, 3.8) is 0 Å². The lowest BCUT2D eigenvalue weighted by atomic mass is 10.2. The largest absolute Gasteiger partial charge is 0.380 e. The second-order valence-electron chi connectivity index (χ2n) is 5.49. The smallest absolute Gasteiger partial charge is 0.244 e. The number of nitrogens with one attached hydrogen (secondary N) is 1. The number of methoxy groups -OCH3 is 1. The summed E-state index contributed by atoms with van der Waals surface area (Å²) in [7, 11) is 3.60. The lowest BCUT2D eigenvalue weighted by Crippen LogP contribution is -2.37. The van der Waals surface area contributed by atoms with Gasteiger partial charge in [-0.1, -0.05) is 0 Å². The highest BCUT2D eigenvalue weighted by Gasteiger charge is 2.34. The molecule has 0 aromatic carbocycles. The Morgan fingerprint density at radius 3 is 3.00 bits per heavy atom. The van der Waals surface area contributed by atoms with Crippen molar-refractivity contribution in [3.8, 4) is 0 Å². The van der Waals surface area contributed by atoms with Crippen molar-refractivity contribution in [2.24, 2.45) is 0 Å². The van der Waals surface area contributed by atoms with Gasteiger partial charge in [0.2, 0.25) is 11.9 Å². The van der Waals surface area contributed by atoms with Crippen LogP contribution in [0.2, 0.25) is 0 Å². The second kappa shape index (κ2) is 5.42. The molecule has 1 aliphatic heterocycles. The van der Waals surface area contributed by atoms with Crippen LogP contribution < -0.4 is 5.32 Å². The molecule has 2 aromatic rings. The second-order valence-corrected chi connectivity index (χ2v) is 5.49. The summed E-state index contributed by atoms with van der Waals surface area (Å²) in [5, 5.41) is 11.0. The average Bonchev–Trinajstić information content (AvgIpc) is 3.02. The SMILES string of the molecule is CO[C@H]1C[C@@H](C(=O)Nc2nnc3cc(C)ccn23)N(C)C1. The van der Waals surface area contributed by atoms with Crippen LogP contribution in [0.4, 0.5) is 5.95 Å². The number of aryl methyl sites for hydroxylation is 1. The molecule has 21 heavy (non-hydrogen) atoms. The summed E-state index contributed by atoms with van der Waals surface area (Å²) in [6.07, 6.45) is 2.65. The third-order valence-corrected chi connectivity index (χ3v) is 3.95. The predicted molar refractivity (Wildman–Crippen MR) is 78.2 cm³/mol. The Morgan fingerprint density at radius 2 is 2.29 bits per heavy atom. The molecule has 2 aromatic heterocycles. The van der Waals surface area contributed by atoms with Gasteiger partial charge in [0.25, 0.3) is 0 Å². The van der Waals surface area contributed by atoms with E-state index in [0.29, 0.717) is 12.4 Å². The molecule has 2 atom stereocenters. The number of carbonyl (C=O) groups is 1.